The number of nitrogens with one attached hydrogen (secondary N) is 1. The second-order valence-electron chi connectivity index (χ2n) is 3.84. The lowest BCUT2D eigenvalue weighted by molar-refractivity contribution is 0.0952. The minimum absolute atomic E-state index is 0.0843. The van der Waals surface area contributed by atoms with E-state index in [1.54, 1.807) is 6.07 Å². The van der Waals surface area contributed by atoms with Crippen molar-refractivity contribution in [1.82, 2.24) is 5.32 Å². The van der Waals surface area contributed by atoms with E-state index >= 15 is 0 Å². The standard InChI is InChI=1S/C12H19NO3/c1-10-8-11(9-16-10)12(15)13-6-4-2-3-5-7-14/h8-9,14H,2-7H2,1H3,(H,13,15). The fourth-order valence-corrected chi connectivity index (χ4v) is 1.46. The molecule has 1 rings (SSSR count). The summed E-state index contributed by atoms with van der Waals surface area (Å²) in [6.45, 7) is 2.74. The summed E-state index contributed by atoms with van der Waals surface area (Å²) in [5, 5.41) is 11.4. The van der Waals surface area contributed by atoms with E-state index in [1.807, 2.05) is 6.92 Å². The summed E-state index contributed by atoms with van der Waals surface area (Å²) in [5.74, 6) is 0.659. The van der Waals surface area contributed by atoms with Gasteiger partial charge in [0.1, 0.15) is 12.0 Å². The Kier molecular flexibility index (Phi) is 5.64. The topological polar surface area (TPSA) is 62.5 Å². The summed E-state index contributed by atoms with van der Waals surface area (Å²) in [6, 6.07) is 1.72. The highest BCUT2D eigenvalue weighted by Gasteiger charge is 2.06. The summed E-state index contributed by atoms with van der Waals surface area (Å²) < 4.78 is 5.06. The fraction of sp³-hybridized carbons (Fsp3) is 0.583. The minimum Gasteiger partial charge on any atom is -0.469 e. The van der Waals surface area contributed by atoms with Crippen molar-refractivity contribution in [1.29, 1.82) is 0 Å². The van der Waals surface area contributed by atoms with Gasteiger partial charge < -0.3 is 14.8 Å². The molecule has 4 nitrogen and oxygen atoms in total. The lowest BCUT2D eigenvalue weighted by Gasteiger charge is -2.02. The normalized spacial score (nSPS) is 10.4. The SMILES string of the molecule is Cc1cc(C(=O)NCCCCCCO)co1. The molecule has 0 atom stereocenters. The number of carbonyl (C=O) groups excluding carboxylic acids is 1. The number of aliphatic hydroxyl groups is 1. The molecule has 0 aliphatic heterocycles. The van der Waals surface area contributed by atoms with Gasteiger partial charge in [-0.25, -0.2) is 0 Å². The lowest BCUT2D eigenvalue weighted by Crippen LogP contribution is -2.23. The average molecular weight is 225 g/mol. The van der Waals surface area contributed by atoms with Crippen LogP contribution in [-0.2, 0) is 0 Å². The minimum atomic E-state index is -0.0843. The summed E-state index contributed by atoms with van der Waals surface area (Å²) in [6.07, 6.45) is 5.30. The molecule has 0 fully saturated rings. The van der Waals surface area contributed by atoms with Crippen molar-refractivity contribution in [2.45, 2.75) is 32.6 Å². The Morgan fingerprint density at radius 2 is 2.12 bits per heavy atom. The van der Waals surface area contributed by atoms with Crippen molar-refractivity contribution in [2.24, 2.45) is 0 Å². The van der Waals surface area contributed by atoms with Crippen LogP contribution in [0.3, 0.4) is 0 Å². The van der Waals surface area contributed by atoms with Crippen molar-refractivity contribution in [3.05, 3.63) is 23.7 Å². The van der Waals surface area contributed by atoms with Crippen molar-refractivity contribution in [3.8, 4) is 0 Å². The van der Waals surface area contributed by atoms with Gasteiger partial charge in [-0.05, 0) is 25.8 Å². The number of hydrogen-bond acceptors (Lipinski definition) is 3. The van der Waals surface area contributed by atoms with E-state index in [2.05, 4.69) is 5.32 Å². The number of amides is 1. The Morgan fingerprint density at radius 3 is 2.75 bits per heavy atom. The molecule has 0 aliphatic carbocycles. The van der Waals surface area contributed by atoms with Gasteiger partial charge in [0.05, 0.1) is 5.56 Å². The Bertz CT molecular complexity index is 320. The maximum Gasteiger partial charge on any atom is 0.254 e. The second-order valence-corrected chi connectivity index (χ2v) is 3.84. The molecular formula is C12H19NO3. The molecule has 0 aromatic carbocycles. The van der Waals surface area contributed by atoms with Crippen LogP contribution in [-0.4, -0.2) is 24.2 Å². The molecule has 0 radical (unpaired) electrons. The van der Waals surface area contributed by atoms with Gasteiger partial charge in [-0.3, -0.25) is 4.79 Å². The van der Waals surface area contributed by atoms with E-state index in [-0.39, 0.29) is 12.5 Å². The number of aliphatic hydroxyl groups excluding tert-OH is 1. The zero-order chi connectivity index (χ0) is 11.8. The van der Waals surface area contributed by atoms with E-state index in [0.717, 1.165) is 31.4 Å². The Morgan fingerprint density at radius 1 is 1.38 bits per heavy atom. The summed E-state index contributed by atoms with van der Waals surface area (Å²) in [4.78, 5) is 11.5. The van der Waals surface area contributed by atoms with Crippen LogP contribution < -0.4 is 5.32 Å². The van der Waals surface area contributed by atoms with Crippen molar-refractivity contribution in [2.75, 3.05) is 13.2 Å². The molecule has 1 amide bonds. The first kappa shape index (κ1) is 12.8. The first-order valence-electron chi connectivity index (χ1n) is 5.68. The summed E-state index contributed by atoms with van der Waals surface area (Å²) in [5.41, 5.74) is 0.577. The first-order chi connectivity index (χ1) is 7.74. The Hall–Kier alpha value is -1.29. The first-order valence-corrected chi connectivity index (χ1v) is 5.68. The highest BCUT2D eigenvalue weighted by atomic mass is 16.3. The van der Waals surface area contributed by atoms with Gasteiger partial charge in [-0.1, -0.05) is 12.8 Å². The van der Waals surface area contributed by atoms with Crippen LogP contribution in [0.5, 0.6) is 0 Å². The average Bonchev–Trinajstić information content (AvgIpc) is 2.70. The zero-order valence-electron chi connectivity index (χ0n) is 9.66. The molecule has 1 heterocycles. The van der Waals surface area contributed by atoms with Gasteiger partial charge in [0, 0.05) is 13.2 Å². The van der Waals surface area contributed by atoms with Crippen LogP contribution in [0.2, 0.25) is 0 Å². The predicted molar refractivity (Wildman–Crippen MR) is 61.3 cm³/mol. The largest absolute Gasteiger partial charge is 0.469 e. The smallest absolute Gasteiger partial charge is 0.254 e. The van der Waals surface area contributed by atoms with Gasteiger partial charge in [0.2, 0.25) is 0 Å². The number of rotatable bonds is 7. The molecule has 4 heteroatoms. The molecule has 0 saturated carbocycles. The molecule has 16 heavy (non-hydrogen) atoms. The molecule has 0 aliphatic rings. The molecule has 0 bridgehead atoms. The Labute approximate surface area is 95.7 Å². The van der Waals surface area contributed by atoms with Gasteiger partial charge in [-0.2, -0.15) is 0 Å². The highest BCUT2D eigenvalue weighted by molar-refractivity contribution is 5.93. The van der Waals surface area contributed by atoms with E-state index in [4.69, 9.17) is 9.52 Å². The van der Waals surface area contributed by atoms with E-state index in [9.17, 15) is 4.79 Å². The maximum atomic E-state index is 11.5. The highest BCUT2D eigenvalue weighted by Crippen LogP contribution is 2.05. The second kappa shape index (κ2) is 7.06. The molecule has 1 aromatic heterocycles. The quantitative estimate of drug-likeness (QED) is 0.696. The van der Waals surface area contributed by atoms with Crippen LogP contribution in [0.4, 0.5) is 0 Å². The molecule has 90 valence electrons. The van der Waals surface area contributed by atoms with Crippen LogP contribution in [0.15, 0.2) is 16.7 Å². The zero-order valence-corrected chi connectivity index (χ0v) is 9.66. The summed E-state index contributed by atoms with van der Waals surface area (Å²) >= 11 is 0. The third-order valence-corrected chi connectivity index (χ3v) is 2.36. The number of unbranched alkanes of at least 4 members (excludes halogenated alkanes) is 3. The molecule has 0 spiro atoms. The van der Waals surface area contributed by atoms with Crippen LogP contribution in [0, 0.1) is 6.92 Å². The number of aryl methyl sites for hydroxylation is 1. The summed E-state index contributed by atoms with van der Waals surface area (Å²) in [7, 11) is 0. The fourth-order valence-electron chi connectivity index (χ4n) is 1.46. The molecule has 0 unspecified atom stereocenters. The van der Waals surface area contributed by atoms with Crippen molar-refractivity contribution in [3.63, 3.8) is 0 Å². The Balaban J connectivity index is 2.11. The number of furan rings is 1. The molecular weight excluding hydrogens is 206 g/mol. The van der Waals surface area contributed by atoms with Gasteiger partial charge in [0.15, 0.2) is 0 Å². The predicted octanol–water partition coefficient (Wildman–Crippen LogP) is 1.87. The van der Waals surface area contributed by atoms with Gasteiger partial charge in [0.25, 0.3) is 5.91 Å². The third kappa shape index (κ3) is 4.49. The van der Waals surface area contributed by atoms with Crippen molar-refractivity contribution < 1.29 is 14.3 Å². The van der Waals surface area contributed by atoms with Crippen LogP contribution >= 0.6 is 0 Å². The number of carbonyl (C=O) groups is 1. The molecule has 0 saturated heterocycles. The molecule has 1 aromatic rings. The van der Waals surface area contributed by atoms with Gasteiger partial charge >= 0.3 is 0 Å². The van der Waals surface area contributed by atoms with E-state index in [0.29, 0.717) is 12.1 Å². The van der Waals surface area contributed by atoms with Gasteiger partial charge in [-0.15, -0.1) is 0 Å². The lowest BCUT2D eigenvalue weighted by atomic mass is 10.2. The monoisotopic (exact) mass is 225 g/mol. The van der Waals surface area contributed by atoms with Crippen LogP contribution in [0.25, 0.3) is 0 Å². The van der Waals surface area contributed by atoms with Crippen molar-refractivity contribution >= 4 is 5.91 Å². The van der Waals surface area contributed by atoms with E-state index < -0.39 is 0 Å². The third-order valence-electron chi connectivity index (χ3n) is 2.36. The number of hydrogen-bond donors (Lipinski definition) is 2. The maximum absolute atomic E-state index is 11.5. The van der Waals surface area contributed by atoms with E-state index in [1.165, 1.54) is 6.26 Å². The van der Waals surface area contributed by atoms with Crippen LogP contribution in [0.1, 0.15) is 41.8 Å². The molecule has 2 N–H and O–H groups in total.